The van der Waals surface area contributed by atoms with Gasteiger partial charge in [-0.3, -0.25) is 4.79 Å². The first-order chi connectivity index (χ1) is 9.90. The van der Waals surface area contributed by atoms with Crippen LogP contribution in [0.3, 0.4) is 0 Å². The van der Waals surface area contributed by atoms with Crippen LogP contribution >= 0.6 is 0 Å². The summed E-state index contributed by atoms with van der Waals surface area (Å²) in [5.41, 5.74) is 4.67. The van der Waals surface area contributed by atoms with Gasteiger partial charge in [-0.2, -0.15) is 0 Å². The third kappa shape index (κ3) is 3.30. The molecule has 3 heteroatoms. The molecule has 0 unspecified atom stereocenters. The van der Waals surface area contributed by atoms with Crippen molar-refractivity contribution < 1.29 is 9.18 Å². The Morgan fingerprint density at radius 1 is 1.05 bits per heavy atom. The lowest BCUT2D eigenvalue weighted by Crippen LogP contribution is -2.28. The van der Waals surface area contributed by atoms with Crippen molar-refractivity contribution in [3.05, 3.63) is 70.0 Å². The zero-order valence-electron chi connectivity index (χ0n) is 12.8. The van der Waals surface area contributed by atoms with Gasteiger partial charge < -0.3 is 5.32 Å². The number of aryl methyl sites for hydroxylation is 3. The van der Waals surface area contributed by atoms with E-state index in [4.69, 9.17) is 0 Å². The maximum atomic E-state index is 13.6. The van der Waals surface area contributed by atoms with E-state index in [1.54, 1.807) is 12.1 Å². The number of benzene rings is 2. The van der Waals surface area contributed by atoms with Gasteiger partial charge in [-0.15, -0.1) is 0 Å². The van der Waals surface area contributed by atoms with Crippen LogP contribution in [0.1, 0.15) is 45.6 Å². The normalized spacial score (nSPS) is 12.0. The summed E-state index contributed by atoms with van der Waals surface area (Å²) >= 11 is 0. The molecule has 0 saturated carbocycles. The first-order valence-electron chi connectivity index (χ1n) is 7.03. The van der Waals surface area contributed by atoms with E-state index in [1.165, 1.54) is 23.3 Å². The van der Waals surface area contributed by atoms with Crippen LogP contribution < -0.4 is 5.32 Å². The number of hydrogen-bond donors (Lipinski definition) is 1. The molecule has 1 atom stereocenters. The molecule has 1 N–H and O–H groups in total. The van der Waals surface area contributed by atoms with Crippen molar-refractivity contribution in [3.8, 4) is 0 Å². The summed E-state index contributed by atoms with van der Waals surface area (Å²) < 4.78 is 13.6. The Hall–Kier alpha value is -2.16. The van der Waals surface area contributed by atoms with Crippen LogP contribution in [0, 0.1) is 26.6 Å². The maximum absolute atomic E-state index is 13.6. The van der Waals surface area contributed by atoms with Crippen molar-refractivity contribution in [1.82, 2.24) is 5.32 Å². The summed E-state index contributed by atoms with van der Waals surface area (Å²) in [4.78, 5) is 12.2. The number of rotatable bonds is 3. The number of hydrogen-bond acceptors (Lipinski definition) is 1. The quantitative estimate of drug-likeness (QED) is 0.897. The van der Waals surface area contributed by atoms with Crippen LogP contribution in [-0.2, 0) is 0 Å². The van der Waals surface area contributed by atoms with Crippen LogP contribution in [0.4, 0.5) is 4.39 Å². The Morgan fingerprint density at radius 3 is 2.33 bits per heavy atom. The first-order valence-corrected chi connectivity index (χ1v) is 7.03. The van der Waals surface area contributed by atoms with E-state index in [-0.39, 0.29) is 11.6 Å². The maximum Gasteiger partial charge on any atom is 0.254 e. The molecule has 2 nitrogen and oxygen atoms in total. The van der Waals surface area contributed by atoms with E-state index in [0.717, 1.165) is 11.1 Å². The molecular formula is C18H20FNO. The van der Waals surface area contributed by atoms with Gasteiger partial charge in [0, 0.05) is 0 Å². The largest absolute Gasteiger partial charge is 0.345 e. The van der Waals surface area contributed by atoms with Crippen LogP contribution in [0.15, 0.2) is 36.4 Å². The molecule has 21 heavy (non-hydrogen) atoms. The summed E-state index contributed by atoms with van der Waals surface area (Å²) in [5, 5.41) is 2.86. The van der Waals surface area contributed by atoms with E-state index in [1.807, 2.05) is 20.8 Å². The van der Waals surface area contributed by atoms with Gasteiger partial charge >= 0.3 is 0 Å². The van der Waals surface area contributed by atoms with Gasteiger partial charge in [0.1, 0.15) is 5.82 Å². The molecule has 0 radical (unpaired) electrons. The fourth-order valence-electron chi connectivity index (χ4n) is 2.45. The van der Waals surface area contributed by atoms with Crippen molar-refractivity contribution in [2.24, 2.45) is 0 Å². The van der Waals surface area contributed by atoms with E-state index in [0.29, 0.717) is 0 Å². The monoisotopic (exact) mass is 285 g/mol. The molecule has 1 amide bonds. The minimum absolute atomic E-state index is 0.0748. The van der Waals surface area contributed by atoms with Crippen LogP contribution in [-0.4, -0.2) is 5.91 Å². The lowest BCUT2D eigenvalue weighted by Gasteiger charge is -2.18. The Morgan fingerprint density at radius 2 is 1.67 bits per heavy atom. The summed E-state index contributed by atoms with van der Waals surface area (Å²) in [6.45, 7) is 8.04. The van der Waals surface area contributed by atoms with Crippen LogP contribution in [0.5, 0.6) is 0 Å². The number of halogens is 1. The Bertz CT molecular complexity index is 679. The fraction of sp³-hybridized carbons (Fsp3) is 0.278. The van der Waals surface area contributed by atoms with E-state index >= 15 is 0 Å². The van der Waals surface area contributed by atoms with E-state index in [9.17, 15) is 9.18 Å². The standard InChI is InChI=1S/C18H20FNO/c1-11-9-13(3)16(10-12(11)2)14(4)20-18(21)15-7-5-6-8-17(15)19/h5-10,14H,1-4H3,(H,20,21)/t14-/m0/s1. The number of amides is 1. The zero-order valence-corrected chi connectivity index (χ0v) is 12.8. The first kappa shape index (κ1) is 15.2. The Labute approximate surface area is 125 Å². The fourth-order valence-corrected chi connectivity index (χ4v) is 2.45. The average molecular weight is 285 g/mol. The number of nitrogens with one attached hydrogen (secondary N) is 1. The summed E-state index contributed by atoms with van der Waals surface area (Å²) in [6, 6.07) is 10.0. The minimum atomic E-state index is -0.501. The molecular weight excluding hydrogens is 265 g/mol. The Balaban J connectivity index is 2.22. The van der Waals surface area contributed by atoms with Gasteiger partial charge in [0.25, 0.3) is 5.91 Å². The third-order valence-corrected chi connectivity index (χ3v) is 3.81. The molecule has 2 aromatic rings. The predicted molar refractivity (Wildman–Crippen MR) is 82.9 cm³/mol. The minimum Gasteiger partial charge on any atom is -0.345 e. The van der Waals surface area contributed by atoms with Gasteiger partial charge in [0.2, 0.25) is 0 Å². The molecule has 0 heterocycles. The lowest BCUT2D eigenvalue weighted by atomic mass is 9.96. The van der Waals surface area contributed by atoms with Crippen molar-refractivity contribution in [3.63, 3.8) is 0 Å². The molecule has 0 bridgehead atoms. The van der Waals surface area contributed by atoms with Gasteiger partial charge in [-0.25, -0.2) is 4.39 Å². The van der Waals surface area contributed by atoms with Crippen molar-refractivity contribution in [2.75, 3.05) is 0 Å². The molecule has 2 aromatic carbocycles. The topological polar surface area (TPSA) is 29.1 Å². The highest BCUT2D eigenvalue weighted by molar-refractivity contribution is 5.94. The average Bonchev–Trinajstić information content (AvgIpc) is 2.43. The Kier molecular flexibility index (Phi) is 4.41. The van der Waals surface area contributed by atoms with Crippen molar-refractivity contribution in [1.29, 1.82) is 0 Å². The molecule has 0 aliphatic rings. The van der Waals surface area contributed by atoms with Gasteiger partial charge in [-0.05, 0) is 62.1 Å². The second-order valence-corrected chi connectivity index (χ2v) is 5.47. The van der Waals surface area contributed by atoms with Gasteiger partial charge in [0.05, 0.1) is 11.6 Å². The van der Waals surface area contributed by atoms with E-state index < -0.39 is 11.7 Å². The molecule has 2 rings (SSSR count). The number of carbonyl (C=O) groups excluding carboxylic acids is 1. The summed E-state index contributed by atoms with van der Waals surface area (Å²) in [6.07, 6.45) is 0. The van der Waals surface area contributed by atoms with Gasteiger partial charge in [0.15, 0.2) is 0 Å². The molecule has 0 fully saturated rings. The van der Waals surface area contributed by atoms with Crippen LogP contribution in [0.25, 0.3) is 0 Å². The lowest BCUT2D eigenvalue weighted by molar-refractivity contribution is 0.0935. The van der Waals surface area contributed by atoms with Gasteiger partial charge in [-0.1, -0.05) is 24.3 Å². The predicted octanol–water partition coefficient (Wildman–Crippen LogP) is 4.24. The molecule has 110 valence electrons. The van der Waals surface area contributed by atoms with Crippen LogP contribution in [0.2, 0.25) is 0 Å². The zero-order chi connectivity index (χ0) is 15.6. The molecule has 0 aliphatic heterocycles. The third-order valence-electron chi connectivity index (χ3n) is 3.81. The van der Waals surface area contributed by atoms with Crippen molar-refractivity contribution >= 4 is 5.91 Å². The van der Waals surface area contributed by atoms with E-state index in [2.05, 4.69) is 24.4 Å². The summed E-state index contributed by atoms with van der Waals surface area (Å²) in [5.74, 6) is -0.891. The highest BCUT2D eigenvalue weighted by Gasteiger charge is 2.16. The summed E-state index contributed by atoms with van der Waals surface area (Å²) in [7, 11) is 0. The second kappa shape index (κ2) is 6.08. The molecule has 0 aromatic heterocycles. The van der Waals surface area contributed by atoms with Crippen molar-refractivity contribution in [2.45, 2.75) is 33.7 Å². The second-order valence-electron chi connectivity index (χ2n) is 5.47. The SMILES string of the molecule is Cc1cc(C)c([C@H](C)NC(=O)c2ccccc2F)cc1C. The highest BCUT2D eigenvalue weighted by atomic mass is 19.1. The highest BCUT2D eigenvalue weighted by Crippen LogP contribution is 2.22. The smallest absolute Gasteiger partial charge is 0.254 e. The molecule has 0 saturated heterocycles. The molecule has 0 aliphatic carbocycles. The number of carbonyl (C=O) groups is 1. The molecule has 0 spiro atoms.